The maximum absolute atomic E-state index is 12.6. The quantitative estimate of drug-likeness (QED) is 0.0320. The number of unbranched alkanes of at least 4 members (excludes halogenated alkanes) is 54. The number of carbonyl (C=O) groups excluding carboxylic acids is 2. The largest absolute Gasteiger partial charge is 0.466 e. The van der Waals surface area contributed by atoms with Gasteiger partial charge in [-0.25, -0.2) is 0 Å². The molecular formula is C71H139NO5. The smallest absolute Gasteiger partial charge is 0.305 e. The SMILES string of the molecule is CCCCCCC/C=C\CCCCCCCC(=O)OCCCCCCCCCCCCCCCCCCCCCCCCCCC(=O)NC(CO)C(O)CCCCCCCCCCCCCCCCCCCCCCCC. The molecule has 0 aromatic carbocycles. The minimum Gasteiger partial charge on any atom is -0.466 e. The molecule has 0 saturated carbocycles. The normalized spacial score (nSPS) is 12.5. The molecule has 0 rings (SSSR count). The van der Waals surface area contributed by atoms with E-state index in [1.807, 2.05) is 0 Å². The summed E-state index contributed by atoms with van der Waals surface area (Å²) >= 11 is 0. The van der Waals surface area contributed by atoms with Gasteiger partial charge in [0.25, 0.3) is 0 Å². The first-order valence-corrected chi connectivity index (χ1v) is 35.4. The molecule has 0 aliphatic carbocycles. The Morgan fingerprint density at radius 1 is 0.351 bits per heavy atom. The van der Waals surface area contributed by atoms with Gasteiger partial charge >= 0.3 is 5.97 Å². The topological polar surface area (TPSA) is 95.9 Å². The first kappa shape index (κ1) is 75.6. The van der Waals surface area contributed by atoms with Crippen LogP contribution in [0.3, 0.4) is 0 Å². The molecule has 6 nitrogen and oxygen atoms in total. The summed E-state index contributed by atoms with van der Waals surface area (Å²) in [4.78, 5) is 24.6. The van der Waals surface area contributed by atoms with Crippen molar-refractivity contribution in [3.63, 3.8) is 0 Å². The number of hydrogen-bond donors (Lipinski definition) is 3. The summed E-state index contributed by atoms with van der Waals surface area (Å²) in [7, 11) is 0. The Balaban J connectivity index is 3.37. The van der Waals surface area contributed by atoms with Gasteiger partial charge in [0.1, 0.15) is 0 Å². The lowest BCUT2D eigenvalue weighted by Gasteiger charge is -2.22. The van der Waals surface area contributed by atoms with Crippen LogP contribution in [0.4, 0.5) is 0 Å². The molecule has 458 valence electrons. The van der Waals surface area contributed by atoms with Gasteiger partial charge in [0.15, 0.2) is 0 Å². The third kappa shape index (κ3) is 63.6. The molecule has 77 heavy (non-hydrogen) atoms. The summed E-state index contributed by atoms with van der Waals surface area (Å²) in [5.74, 6) is -0.0207. The van der Waals surface area contributed by atoms with E-state index in [1.165, 1.54) is 327 Å². The highest BCUT2D eigenvalue weighted by Crippen LogP contribution is 2.19. The van der Waals surface area contributed by atoms with E-state index in [0.29, 0.717) is 25.9 Å². The van der Waals surface area contributed by atoms with E-state index in [0.717, 1.165) is 44.9 Å². The molecule has 2 atom stereocenters. The molecule has 0 aliphatic rings. The lowest BCUT2D eigenvalue weighted by Crippen LogP contribution is -2.45. The second kappa shape index (κ2) is 67.1. The number of aliphatic hydroxyl groups excluding tert-OH is 2. The van der Waals surface area contributed by atoms with Gasteiger partial charge in [-0.05, 0) is 51.4 Å². The zero-order chi connectivity index (χ0) is 55.7. The van der Waals surface area contributed by atoms with Crippen molar-refractivity contribution in [2.45, 2.75) is 418 Å². The summed E-state index contributed by atoms with van der Waals surface area (Å²) < 4.78 is 5.49. The van der Waals surface area contributed by atoms with Crippen LogP contribution in [0.5, 0.6) is 0 Å². The summed E-state index contributed by atoms with van der Waals surface area (Å²) in [5.41, 5.74) is 0. The Bertz CT molecular complexity index is 1160. The van der Waals surface area contributed by atoms with Gasteiger partial charge in [-0.15, -0.1) is 0 Å². The van der Waals surface area contributed by atoms with Crippen LogP contribution in [-0.2, 0) is 14.3 Å². The van der Waals surface area contributed by atoms with Crippen LogP contribution in [-0.4, -0.2) is 47.4 Å². The zero-order valence-electron chi connectivity index (χ0n) is 52.5. The number of allylic oxidation sites excluding steroid dienone is 2. The monoisotopic (exact) mass is 1090 g/mol. The Labute approximate surface area is 482 Å². The highest BCUT2D eigenvalue weighted by atomic mass is 16.5. The number of esters is 1. The fourth-order valence-corrected chi connectivity index (χ4v) is 11.4. The number of rotatable bonds is 67. The van der Waals surface area contributed by atoms with Crippen molar-refractivity contribution in [1.29, 1.82) is 0 Å². The molecule has 1 amide bonds. The van der Waals surface area contributed by atoms with E-state index in [4.69, 9.17) is 4.74 Å². The van der Waals surface area contributed by atoms with Crippen LogP contribution in [0.25, 0.3) is 0 Å². The molecule has 0 aromatic heterocycles. The lowest BCUT2D eigenvalue weighted by atomic mass is 10.0. The molecule has 0 aliphatic heterocycles. The number of carbonyl (C=O) groups is 2. The lowest BCUT2D eigenvalue weighted by molar-refractivity contribution is -0.143. The van der Waals surface area contributed by atoms with E-state index >= 15 is 0 Å². The third-order valence-corrected chi connectivity index (χ3v) is 16.8. The van der Waals surface area contributed by atoms with E-state index in [2.05, 4.69) is 31.3 Å². The van der Waals surface area contributed by atoms with Crippen LogP contribution in [0.2, 0.25) is 0 Å². The summed E-state index contributed by atoms with van der Waals surface area (Å²) in [6.45, 7) is 4.98. The van der Waals surface area contributed by atoms with Gasteiger partial charge in [-0.1, -0.05) is 353 Å². The summed E-state index contributed by atoms with van der Waals surface area (Å²) in [5, 5.41) is 23.4. The van der Waals surface area contributed by atoms with Gasteiger partial charge < -0.3 is 20.3 Å². The molecule has 0 spiro atoms. The van der Waals surface area contributed by atoms with Crippen molar-refractivity contribution in [2.75, 3.05) is 13.2 Å². The molecule has 2 unspecified atom stereocenters. The molecule has 0 saturated heterocycles. The minimum absolute atomic E-state index is 0.00808. The van der Waals surface area contributed by atoms with E-state index in [-0.39, 0.29) is 18.5 Å². The molecule has 3 N–H and O–H groups in total. The van der Waals surface area contributed by atoms with E-state index in [1.54, 1.807) is 0 Å². The van der Waals surface area contributed by atoms with Crippen molar-refractivity contribution in [3.05, 3.63) is 12.2 Å². The van der Waals surface area contributed by atoms with Crippen LogP contribution >= 0.6 is 0 Å². The first-order valence-electron chi connectivity index (χ1n) is 35.4. The number of amides is 1. The van der Waals surface area contributed by atoms with Gasteiger partial charge in [-0.2, -0.15) is 0 Å². The third-order valence-electron chi connectivity index (χ3n) is 16.8. The molecule has 0 heterocycles. The molecule has 0 aromatic rings. The first-order chi connectivity index (χ1) is 38.0. The van der Waals surface area contributed by atoms with Crippen molar-refractivity contribution in [3.8, 4) is 0 Å². The highest BCUT2D eigenvalue weighted by molar-refractivity contribution is 5.76. The average Bonchev–Trinajstić information content (AvgIpc) is 3.43. The van der Waals surface area contributed by atoms with Crippen LogP contribution in [0.15, 0.2) is 12.2 Å². The number of aliphatic hydroxyl groups is 2. The van der Waals surface area contributed by atoms with Gasteiger partial charge in [-0.3, -0.25) is 9.59 Å². The Hall–Kier alpha value is -1.40. The van der Waals surface area contributed by atoms with Gasteiger partial charge in [0.2, 0.25) is 5.91 Å². The minimum atomic E-state index is -0.664. The number of ether oxygens (including phenoxy) is 1. The Morgan fingerprint density at radius 2 is 0.610 bits per heavy atom. The predicted octanol–water partition coefficient (Wildman–Crippen LogP) is 22.8. The van der Waals surface area contributed by atoms with E-state index < -0.39 is 12.1 Å². The average molecular weight is 1090 g/mol. The summed E-state index contributed by atoms with van der Waals surface area (Å²) in [6.07, 6.45) is 82.6. The second-order valence-corrected chi connectivity index (χ2v) is 24.6. The van der Waals surface area contributed by atoms with Crippen molar-refractivity contribution in [1.82, 2.24) is 5.32 Å². The fraction of sp³-hybridized carbons (Fsp3) is 0.944. The summed E-state index contributed by atoms with van der Waals surface area (Å²) in [6, 6.07) is -0.541. The molecule has 0 radical (unpaired) electrons. The molecule has 6 heteroatoms. The number of nitrogens with one attached hydrogen (secondary N) is 1. The molecular weight excluding hydrogens is 947 g/mol. The second-order valence-electron chi connectivity index (χ2n) is 24.6. The Kier molecular flexibility index (Phi) is 65.9. The van der Waals surface area contributed by atoms with Gasteiger partial charge in [0, 0.05) is 12.8 Å². The van der Waals surface area contributed by atoms with Crippen LogP contribution < -0.4 is 5.32 Å². The standard InChI is InChI=1S/C71H139NO5/c1-3-5-7-9-11-13-15-17-19-20-21-22-27-30-33-36-39-43-47-51-55-59-63-69(74)68(67-73)72-70(75)64-60-56-52-48-44-40-37-34-31-28-25-23-24-26-29-32-35-38-42-46-50-54-58-62-66-77-71(76)65-61-57-53-49-45-41-18-16-14-12-10-8-6-4-2/h16,18,68-69,73-74H,3-15,17,19-67H2,1-2H3,(H,72,75)/b18-16-. The number of hydrogen-bond acceptors (Lipinski definition) is 5. The molecule has 0 fully saturated rings. The van der Waals surface area contributed by atoms with Crippen molar-refractivity contribution >= 4 is 11.9 Å². The van der Waals surface area contributed by atoms with Crippen molar-refractivity contribution in [2.24, 2.45) is 0 Å². The van der Waals surface area contributed by atoms with Gasteiger partial charge in [0.05, 0.1) is 25.4 Å². The highest BCUT2D eigenvalue weighted by Gasteiger charge is 2.20. The van der Waals surface area contributed by atoms with E-state index in [9.17, 15) is 19.8 Å². The fourth-order valence-electron chi connectivity index (χ4n) is 11.4. The Morgan fingerprint density at radius 3 is 0.922 bits per heavy atom. The molecule has 0 bridgehead atoms. The maximum atomic E-state index is 12.6. The van der Waals surface area contributed by atoms with Crippen LogP contribution in [0, 0.1) is 0 Å². The van der Waals surface area contributed by atoms with Crippen molar-refractivity contribution < 1.29 is 24.5 Å². The van der Waals surface area contributed by atoms with Crippen LogP contribution in [0.1, 0.15) is 406 Å². The zero-order valence-corrected chi connectivity index (χ0v) is 52.5. The predicted molar refractivity (Wildman–Crippen MR) is 338 cm³/mol. The maximum Gasteiger partial charge on any atom is 0.305 e.